The fraction of sp³-hybridized carbons (Fsp3) is 0.625. The van der Waals surface area contributed by atoms with Crippen molar-refractivity contribution in [2.75, 3.05) is 46.0 Å². The van der Waals surface area contributed by atoms with Gasteiger partial charge in [0, 0.05) is 12.5 Å². The Morgan fingerprint density at radius 2 is 1.79 bits per heavy atom. The van der Waals surface area contributed by atoms with Crippen LogP contribution in [0.15, 0.2) is 30.3 Å². The summed E-state index contributed by atoms with van der Waals surface area (Å²) in [5.41, 5.74) is 1.41. The summed E-state index contributed by atoms with van der Waals surface area (Å²) in [5.74, 6) is 1.44. The van der Waals surface area contributed by atoms with E-state index in [1.165, 1.54) is 18.5 Å². The second kappa shape index (κ2) is 9.40. The highest BCUT2D eigenvalue weighted by Gasteiger charge is 2.13. The first-order valence-electron chi connectivity index (χ1n) is 7.20. The smallest absolute Gasteiger partial charge is 0.00580 e. The Kier molecular flexibility index (Phi) is 8.19. The van der Waals surface area contributed by atoms with E-state index in [2.05, 4.69) is 73.8 Å². The molecule has 1 aromatic rings. The van der Waals surface area contributed by atoms with Gasteiger partial charge < -0.3 is 9.80 Å². The van der Waals surface area contributed by atoms with Crippen molar-refractivity contribution in [2.45, 2.75) is 19.3 Å². The molecule has 0 saturated heterocycles. The third-order valence-electron chi connectivity index (χ3n) is 3.50. The number of nitrogens with zero attached hydrogens (tertiary/aromatic N) is 2. The van der Waals surface area contributed by atoms with Gasteiger partial charge in [-0.3, -0.25) is 0 Å². The maximum absolute atomic E-state index is 4.53. The molecule has 3 heteroatoms. The molecule has 0 spiro atoms. The van der Waals surface area contributed by atoms with Crippen molar-refractivity contribution in [3.05, 3.63) is 35.9 Å². The quantitative estimate of drug-likeness (QED) is 0.695. The van der Waals surface area contributed by atoms with Crippen molar-refractivity contribution in [3.8, 4) is 0 Å². The first-order chi connectivity index (χ1) is 9.17. The molecule has 0 saturated carbocycles. The van der Waals surface area contributed by atoms with Crippen LogP contribution >= 0.6 is 12.6 Å². The van der Waals surface area contributed by atoms with Crippen LogP contribution in [0.5, 0.6) is 0 Å². The summed E-state index contributed by atoms with van der Waals surface area (Å²) in [5, 5.41) is 0. The van der Waals surface area contributed by atoms with Crippen molar-refractivity contribution < 1.29 is 0 Å². The summed E-state index contributed by atoms with van der Waals surface area (Å²) in [6.45, 7) is 6.80. The molecule has 1 rings (SSSR count). The standard InChI is InChI=1S/C16H28N2S/c1-4-18(12-8-11-17(2)3)13-16(14-19)15-9-6-5-7-10-15/h5-7,9-10,16,19H,4,8,11-14H2,1-3H3. The van der Waals surface area contributed by atoms with E-state index in [1.807, 2.05) is 0 Å². The molecular weight excluding hydrogens is 252 g/mol. The molecule has 0 N–H and O–H groups in total. The monoisotopic (exact) mass is 280 g/mol. The van der Waals surface area contributed by atoms with E-state index in [9.17, 15) is 0 Å². The fourth-order valence-electron chi connectivity index (χ4n) is 2.29. The summed E-state index contributed by atoms with van der Waals surface area (Å²) in [6.07, 6.45) is 1.23. The fourth-order valence-corrected chi connectivity index (χ4v) is 2.62. The molecule has 1 unspecified atom stereocenters. The molecule has 0 bridgehead atoms. The largest absolute Gasteiger partial charge is 0.309 e. The van der Waals surface area contributed by atoms with Gasteiger partial charge in [-0.2, -0.15) is 12.6 Å². The Morgan fingerprint density at radius 3 is 2.32 bits per heavy atom. The van der Waals surface area contributed by atoms with E-state index in [-0.39, 0.29) is 0 Å². The van der Waals surface area contributed by atoms with Crippen LogP contribution in [0.2, 0.25) is 0 Å². The van der Waals surface area contributed by atoms with E-state index >= 15 is 0 Å². The lowest BCUT2D eigenvalue weighted by Crippen LogP contribution is -2.31. The Morgan fingerprint density at radius 1 is 1.11 bits per heavy atom. The molecule has 0 radical (unpaired) electrons. The van der Waals surface area contributed by atoms with Gasteiger partial charge in [0.2, 0.25) is 0 Å². The van der Waals surface area contributed by atoms with Crippen LogP contribution in [0.25, 0.3) is 0 Å². The van der Waals surface area contributed by atoms with Gasteiger partial charge in [0.15, 0.2) is 0 Å². The Bertz CT molecular complexity index is 327. The highest BCUT2D eigenvalue weighted by atomic mass is 32.1. The van der Waals surface area contributed by atoms with Crippen LogP contribution in [-0.2, 0) is 0 Å². The molecule has 108 valence electrons. The Labute approximate surface area is 124 Å². The van der Waals surface area contributed by atoms with E-state index in [0.717, 1.165) is 25.4 Å². The van der Waals surface area contributed by atoms with Gasteiger partial charge in [0.05, 0.1) is 0 Å². The summed E-state index contributed by atoms with van der Waals surface area (Å²) in [7, 11) is 4.27. The Hall–Kier alpha value is -0.510. The SMILES string of the molecule is CCN(CCCN(C)C)CC(CS)c1ccccc1. The topological polar surface area (TPSA) is 6.48 Å². The number of rotatable bonds is 9. The van der Waals surface area contributed by atoms with Gasteiger partial charge in [-0.1, -0.05) is 37.3 Å². The molecule has 0 heterocycles. The maximum atomic E-state index is 4.53. The summed E-state index contributed by atoms with van der Waals surface area (Å²) >= 11 is 4.53. The predicted molar refractivity (Wildman–Crippen MR) is 88.3 cm³/mol. The summed E-state index contributed by atoms with van der Waals surface area (Å²) in [4.78, 5) is 4.79. The van der Waals surface area contributed by atoms with E-state index in [0.29, 0.717) is 5.92 Å². The molecule has 1 aromatic carbocycles. The third-order valence-corrected chi connectivity index (χ3v) is 3.94. The molecule has 1 atom stereocenters. The van der Waals surface area contributed by atoms with Gasteiger partial charge >= 0.3 is 0 Å². The number of hydrogen-bond acceptors (Lipinski definition) is 3. The van der Waals surface area contributed by atoms with Crippen LogP contribution in [0, 0.1) is 0 Å². The molecule has 2 nitrogen and oxygen atoms in total. The lowest BCUT2D eigenvalue weighted by Gasteiger charge is -2.26. The van der Waals surface area contributed by atoms with Crippen molar-refractivity contribution in [2.24, 2.45) is 0 Å². The molecule has 0 aliphatic heterocycles. The summed E-state index contributed by atoms with van der Waals surface area (Å²) in [6, 6.07) is 10.7. The van der Waals surface area contributed by atoms with Crippen LogP contribution in [0.4, 0.5) is 0 Å². The van der Waals surface area contributed by atoms with Gasteiger partial charge in [-0.15, -0.1) is 0 Å². The van der Waals surface area contributed by atoms with Gasteiger partial charge in [0.1, 0.15) is 0 Å². The second-order valence-corrected chi connectivity index (χ2v) is 5.71. The van der Waals surface area contributed by atoms with Crippen molar-refractivity contribution in [1.82, 2.24) is 9.80 Å². The minimum atomic E-state index is 0.531. The highest BCUT2D eigenvalue weighted by Crippen LogP contribution is 2.18. The lowest BCUT2D eigenvalue weighted by molar-refractivity contribution is 0.256. The molecule has 0 amide bonds. The van der Waals surface area contributed by atoms with Crippen LogP contribution in [0.1, 0.15) is 24.8 Å². The zero-order valence-corrected chi connectivity index (χ0v) is 13.4. The minimum absolute atomic E-state index is 0.531. The van der Waals surface area contributed by atoms with E-state index in [1.54, 1.807) is 0 Å². The van der Waals surface area contributed by atoms with Crippen LogP contribution in [0.3, 0.4) is 0 Å². The van der Waals surface area contributed by atoms with Crippen molar-refractivity contribution in [3.63, 3.8) is 0 Å². The van der Waals surface area contributed by atoms with E-state index < -0.39 is 0 Å². The molecule has 0 aromatic heterocycles. The number of hydrogen-bond donors (Lipinski definition) is 1. The highest BCUT2D eigenvalue weighted by molar-refractivity contribution is 7.80. The summed E-state index contributed by atoms with van der Waals surface area (Å²) < 4.78 is 0. The van der Waals surface area contributed by atoms with Gasteiger partial charge in [-0.25, -0.2) is 0 Å². The average Bonchev–Trinajstić information content (AvgIpc) is 2.43. The molecule has 19 heavy (non-hydrogen) atoms. The zero-order chi connectivity index (χ0) is 14.1. The second-order valence-electron chi connectivity index (χ2n) is 5.34. The lowest BCUT2D eigenvalue weighted by atomic mass is 10.0. The molecule has 0 aliphatic rings. The third kappa shape index (κ3) is 6.46. The first kappa shape index (κ1) is 16.5. The van der Waals surface area contributed by atoms with Crippen molar-refractivity contribution in [1.29, 1.82) is 0 Å². The first-order valence-corrected chi connectivity index (χ1v) is 7.83. The molecular formula is C16H28N2S. The number of benzene rings is 1. The number of thiol groups is 1. The maximum Gasteiger partial charge on any atom is 0.00580 e. The average molecular weight is 280 g/mol. The number of likely N-dealkylation sites (N-methyl/N-ethyl adjacent to an activating group) is 1. The van der Waals surface area contributed by atoms with Gasteiger partial charge in [0.25, 0.3) is 0 Å². The molecule has 0 fully saturated rings. The predicted octanol–water partition coefficient (Wildman–Crippen LogP) is 2.97. The normalized spacial score (nSPS) is 13.2. The van der Waals surface area contributed by atoms with Crippen molar-refractivity contribution >= 4 is 12.6 Å². The molecule has 0 aliphatic carbocycles. The van der Waals surface area contributed by atoms with Crippen LogP contribution < -0.4 is 0 Å². The zero-order valence-electron chi connectivity index (χ0n) is 12.5. The van der Waals surface area contributed by atoms with E-state index in [4.69, 9.17) is 0 Å². The van der Waals surface area contributed by atoms with Gasteiger partial charge in [-0.05, 0) is 51.5 Å². The minimum Gasteiger partial charge on any atom is -0.309 e. The van der Waals surface area contributed by atoms with Crippen LogP contribution in [-0.4, -0.2) is 55.8 Å². The Balaban J connectivity index is 2.48.